The van der Waals surface area contributed by atoms with Crippen LogP contribution < -0.4 is 9.47 Å². The molecule has 0 saturated heterocycles. The van der Waals surface area contributed by atoms with Crippen LogP contribution in [0, 0.1) is 0 Å². The Morgan fingerprint density at radius 2 is 1.96 bits per heavy atom. The Morgan fingerprint density at radius 3 is 2.76 bits per heavy atom. The molecule has 0 saturated carbocycles. The Kier molecular flexibility index (Phi) is 4.79. The van der Waals surface area contributed by atoms with E-state index in [4.69, 9.17) is 9.47 Å². The van der Waals surface area contributed by atoms with Crippen LogP contribution in [-0.2, 0) is 4.79 Å². The quantitative estimate of drug-likeness (QED) is 0.617. The normalized spacial score (nSPS) is 13.7. The van der Waals surface area contributed by atoms with Crippen LogP contribution in [0.4, 0.5) is 0 Å². The molecular weight excluding hydrogens is 322 g/mol. The number of carbonyl (C=O) groups is 3. The summed E-state index contributed by atoms with van der Waals surface area (Å²) < 4.78 is 10.7. The zero-order valence-corrected chi connectivity index (χ0v) is 13.7. The topological polar surface area (TPSA) is 72.9 Å². The Bertz CT molecular complexity index is 830. The van der Waals surface area contributed by atoms with E-state index in [0.29, 0.717) is 23.7 Å². The van der Waals surface area contributed by atoms with Gasteiger partial charge in [-0.3, -0.25) is 19.3 Å². The number of amides is 2. The Balaban J connectivity index is 1.83. The number of fused-ring (bicyclic) bond motifs is 1. The highest BCUT2D eigenvalue weighted by Gasteiger charge is 2.31. The molecule has 0 radical (unpaired) electrons. The van der Waals surface area contributed by atoms with Crippen molar-refractivity contribution >= 4 is 17.6 Å². The van der Waals surface area contributed by atoms with Crippen molar-refractivity contribution in [2.45, 2.75) is 6.92 Å². The van der Waals surface area contributed by atoms with Crippen LogP contribution in [0.2, 0.25) is 0 Å². The number of para-hydroxylation sites is 1. The van der Waals surface area contributed by atoms with Gasteiger partial charge in [0, 0.05) is 5.56 Å². The fourth-order valence-corrected chi connectivity index (χ4v) is 2.57. The van der Waals surface area contributed by atoms with Crippen molar-refractivity contribution in [1.29, 1.82) is 0 Å². The van der Waals surface area contributed by atoms with Crippen LogP contribution in [0.25, 0.3) is 0 Å². The van der Waals surface area contributed by atoms with Gasteiger partial charge in [-0.1, -0.05) is 24.3 Å². The third-order valence-corrected chi connectivity index (χ3v) is 3.78. The number of imide groups is 1. The minimum absolute atomic E-state index is 0.268. The van der Waals surface area contributed by atoms with E-state index >= 15 is 0 Å². The molecule has 3 rings (SSSR count). The zero-order valence-electron chi connectivity index (χ0n) is 13.7. The number of hydrogen-bond donors (Lipinski definition) is 0. The van der Waals surface area contributed by atoms with Gasteiger partial charge in [-0.15, -0.1) is 0 Å². The summed E-state index contributed by atoms with van der Waals surface area (Å²) in [7, 11) is 0. The summed E-state index contributed by atoms with van der Waals surface area (Å²) in [6, 6.07) is 13.3. The molecule has 25 heavy (non-hydrogen) atoms. The molecule has 0 bridgehead atoms. The molecule has 0 fully saturated rings. The molecule has 0 unspecified atom stereocenters. The molecule has 6 nitrogen and oxygen atoms in total. The van der Waals surface area contributed by atoms with Gasteiger partial charge < -0.3 is 9.47 Å². The van der Waals surface area contributed by atoms with E-state index in [9.17, 15) is 14.4 Å². The summed E-state index contributed by atoms with van der Waals surface area (Å²) in [4.78, 5) is 38.3. The van der Waals surface area contributed by atoms with E-state index in [1.54, 1.807) is 48.5 Å². The monoisotopic (exact) mass is 339 g/mol. The minimum atomic E-state index is -0.546. The summed E-state index contributed by atoms with van der Waals surface area (Å²) >= 11 is 0. The third kappa shape index (κ3) is 3.52. The number of Topliss-reactive ketones (excluding diaryl/α,β-unsaturated/α-hetero) is 1. The van der Waals surface area contributed by atoms with Crippen molar-refractivity contribution in [1.82, 2.24) is 4.90 Å². The lowest BCUT2D eigenvalue weighted by atomic mass is 10.1. The molecule has 1 aliphatic rings. The number of ketones is 1. The molecule has 0 atom stereocenters. The minimum Gasteiger partial charge on any atom is -0.494 e. The van der Waals surface area contributed by atoms with Gasteiger partial charge >= 0.3 is 0 Å². The average Bonchev–Trinajstić information content (AvgIpc) is 2.74. The standard InChI is InChI=1S/C19H17NO5/c1-2-24-14-7-5-6-13(10-14)16(21)11-20-18(22)12-25-17-9-4-3-8-15(17)19(20)23/h3-10H,2,11-12H2,1H3. The Hall–Kier alpha value is -3.15. The predicted molar refractivity (Wildman–Crippen MR) is 89.9 cm³/mol. The summed E-state index contributed by atoms with van der Waals surface area (Å²) in [5.74, 6) is -0.518. The number of carbonyl (C=O) groups excluding carboxylic acids is 3. The predicted octanol–water partition coefficient (Wildman–Crippen LogP) is 2.33. The summed E-state index contributed by atoms with van der Waals surface area (Å²) in [5.41, 5.74) is 0.647. The van der Waals surface area contributed by atoms with E-state index in [1.807, 2.05) is 6.92 Å². The molecule has 1 aliphatic heterocycles. The maximum absolute atomic E-state index is 12.6. The summed E-state index contributed by atoms with van der Waals surface area (Å²) in [6.45, 7) is 1.70. The van der Waals surface area contributed by atoms with Gasteiger partial charge in [0.25, 0.3) is 11.8 Å². The molecular formula is C19H17NO5. The first-order valence-corrected chi connectivity index (χ1v) is 7.92. The van der Waals surface area contributed by atoms with E-state index in [-0.39, 0.29) is 24.5 Å². The third-order valence-electron chi connectivity index (χ3n) is 3.78. The van der Waals surface area contributed by atoms with Gasteiger partial charge in [-0.05, 0) is 31.2 Å². The van der Waals surface area contributed by atoms with Gasteiger partial charge in [0.15, 0.2) is 12.4 Å². The first-order chi connectivity index (χ1) is 12.1. The molecule has 0 aromatic heterocycles. The van der Waals surface area contributed by atoms with Crippen LogP contribution >= 0.6 is 0 Å². The molecule has 0 spiro atoms. The number of rotatable bonds is 5. The van der Waals surface area contributed by atoms with Crippen molar-refractivity contribution in [3.05, 3.63) is 59.7 Å². The first-order valence-electron chi connectivity index (χ1n) is 7.92. The van der Waals surface area contributed by atoms with E-state index < -0.39 is 11.8 Å². The van der Waals surface area contributed by atoms with Crippen LogP contribution in [0.15, 0.2) is 48.5 Å². The molecule has 2 amide bonds. The maximum Gasteiger partial charge on any atom is 0.267 e. The lowest BCUT2D eigenvalue weighted by Gasteiger charge is -2.17. The SMILES string of the molecule is CCOc1cccc(C(=O)CN2C(=O)COc3ccccc3C2=O)c1. The van der Waals surface area contributed by atoms with Crippen molar-refractivity contribution in [3.63, 3.8) is 0 Å². The number of benzene rings is 2. The highest BCUT2D eigenvalue weighted by Crippen LogP contribution is 2.23. The van der Waals surface area contributed by atoms with Crippen LogP contribution in [0.3, 0.4) is 0 Å². The zero-order chi connectivity index (χ0) is 17.8. The fraction of sp³-hybridized carbons (Fsp3) is 0.211. The second kappa shape index (κ2) is 7.17. The van der Waals surface area contributed by atoms with Crippen molar-refractivity contribution in [2.75, 3.05) is 19.8 Å². The lowest BCUT2D eigenvalue weighted by Crippen LogP contribution is -2.41. The van der Waals surface area contributed by atoms with Gasteiger partial charge in [0.05, 0.1) is 18.7 Å². The maximum atomic E-state index is 12.6. The van der Waals surface area contributed by atoms with E-state index in [2.05, 4.69) is 0 Å². The molecule has 2 aromatic carbocycles. The highest BCUT2D eigenvalue weighted by atomic mass is 16.5. The Morgan fingerprint density at radius 1 is 1.16 bits per heavy atom. The molecule has 0 aliphatic carbocycles. The van der Waals surface area contributed by atoms with Gasteiger partial charge in [-0.2, -0.15) is 0 Å². The lowest BCUT2D eigenvalue weighted by molar-refractivity contribution is -0.129. The van der Waals surface area contributed by atoms with Gasteiger partial charge in [0.2, 0.25) is 0 Å². The largest absolute Gasteiger partial charge is 0.494 e. The molecule has 1 heterocycles. The van der Waals surface area contributed by atoms with Crippen molar-refractivity contribution in [3.8, 4) is 11.5 Å². The smallest absolute Gasteiger partial charge is 0.267 e. The van der Waals surface area contributed by atoms with Crippen LogP contribution in [0.1, 0.15) is 27.6 Å². The van der Waals surface area contributed by atoms with E-state index in [1.165, 1.54) is 0 Å². The summed E-state index contributed by atoms with van der Waals surface area (Å²) in [6.07, 6.45) is 0. The number of nitrogens with zero attached hydrogens (tertiary/aromatic N) is 1. The first kappa shape index (κ1) is 16.7. The van der Waals surface area contributed by atoms with Gasteiger partial charge in [0.1, 0.15) is 11.5 Å². The average molecular weight is 339 g/mol. The van der Waals surface area contributed by atoms with Crippen molar-refractivity contribution < 1.29 is 23.9 Å². The molecule has 2 aromatic rings. The second-order valence-corrected chi connectivity index (χ2v) is 5.45. The number of ether oxygens (including phenoxy) is 2. The highest BCUT2D eigenvalue weighted by molar-refractivity contribution is 6.11. The molecule has 0 N–H and O–H groups in total. The van der Waals surface area contributed by atoms with Crippen LogP contribution in [-0.4, -0.2) is 42.3 Å². The van der Waals surface area contributed by atoms with Crippen molar-refractivity contribution in [2.24, 2.45) is 0 Å². The molecule has 6 heteroatoms. The van der Waals surface area contributed by atoms with Crippen LogP contribution in [0.5, 0.6) is 11.5 Å². The summed E-state index contributed by atoms with van der Waals surface area (Å²) in [5, 5.41) is 0. The fourth-order valence-electron chi connectivity index (χ4n) is 2.57. The Labute approximate surface area is 145 Å². The number of hydrogen-bond acceptors (Lipinski definition) is 5. The molecule has 128 valence electrons. The van der Waals surface area contributed by atoms with Gasteiger partial charge in [-0.25, -0.2) is 0 Å². The van der Waals surface area contributed by atoms with E-state index in [0.717, 1.165) is 4.90 Å². The second-order valence-electron chi connectivity index (χ2n) is 5.45.